The third-order valence-electron chi connectivity index (χ3n) is 3.63. The summed E-state index contributed by atoms with van der Waals surface area (Å²) in [7, 11) is 0. The van der Waals surface area contributed by atoms with E-state index in [2.05, 4.69) is 21.5 Å². The molecular weight excluding hydrogens is 276 g/mol. The molecule has 0 aliphatic heterocycles. The minimum absolute atomic E-state index is 0.120. The summed E-state index contributed by atoms with van der Waals surface area (Å²) in [4.78, 5) is 9.19. The summed E-state index contributed by atoms with van der Waals surface area (Å²) < 4.78 is 7.90. The molecule has 3 aromatic rings. The van der Waals surface area contributed by atoms with Crippen molar-refractivity contribution in [2.24, 2.45) is 5.73 Å². The molecule has 0 saturated heterocycles. The van der Waals surface area contributed by atoms with E-state index < -0.39 is 0 Å². The number of imidazole rings is 1. The molecule has 2 aromatic heterocycles. The molecular formula is C17H20N4O. The smallest absolute Gasteiger partial charge is 0.160 e. The topological polar surface area (TPSA) is 66.0 Å². The number of pyridine rings is 1. The van der Waals surface area contributed by atoms with E-state index in [1.807, 2.05) is 49.5 Å². The largest absolute Gasteiger partial charge is 0.486 e. The minimum atomic E-state index is 0.120. The molecule has 0 spiro atoms. The van der Waals surface area contributed by atoms with Gasteiger partial charge in [0, 0.05) is 18.8 Å². The summed E-state index contributed by atoms with van der Waals surface area (Å²) in [5, 5.41) is 0. The van der Waals surface area contributed by atoms with E-state index in [-0.39, 0.29) is 6.04 Å². The van der Waals surface area contributed by atoms with Crippen molar-refractivity contribution < 1.29 is 4.74 Å². The summed E-state index contributed by atoms with van der Waals surface area (Å²) in [6.45, 7) is 5.00. The average Bonchev–Trinajstić information content (AvgIpc) is 2.90. The van der Waals surface area contributed by atoms with Crippen LogP contribution in [-0.2, 0) is 6.61 Å². The van der Waals surface area contributed by atoms with Gasteiger partial charge in [-0.15, -0.1) is 0 Å². The number of aryl methyl sites for hydroxylation is 1. The van der Waals surface area contributed by atoms with Crippen molar-refractivity contribution >= 4 is 11.2 Å². The molecule has 22 heavy (non-hydrogen) atoms. The molecule has 0 aliphatic rings. The van der Waals surface area contributed by atoms with Gasteiger partial charge in [-0.25, -0.2) is 9.97 Å². The number of nitrogens with zero attached hydrogens (tertiary/aromatic N) is 3. The van der Waals surface area contributed by atoms with E-state index in [9.17, 15) is 0 Å². The third-order valence-corrected chi connectivity index (χ3v) is 3.63. The van der Waals surface area contributed by atoms with E-state index in [1.54, 1.807) is 0 Å². The van der Waals surface area contributed by atoms with Crippen LogP contribution in [0.2, 0.25) is 0 Å². The Morgan fingerprint density at radius 3 is 2.77 bits per heavy atom. The summed E-state index contributed by atoms with van der Waals surface area (Å²) in [5.74, 6) is 1.67. The Hall–Kier alpha value is -2.40. The second-order valence-electron chi connectivity index (χ2n) is 5.44. The molecule has 0 bridgehead atoms. The molecule has 1 atom stereocenters. The first kappa shape index (κ1) is 14.5. The molecule has 0 fully saturated rings. The lowest BCUT2D eigenvalue weighted by molar-refractivity contribution is 0.286. The van der Waals surface area contributed by atoms with Gasteiger partial charge >= 0.3 is 0 Å². The number of hydrogen-bond donors (Lipinski definition) is 1. The molecule has 5 heteroatoms. The van der Waals surface area contributed by atoms with Crippen molar-refractivity contribution in [3.63, 3.8) is 0 Å². The van der Waals surface area contributed by atoms with Crippen LogP contribution in [0.3, 0.4) is 0 Å². The molecule has 2 N–H and O–H groups in total. The summed E-state index contributed by atoms with van der Waals surface area (Å²) in [6.07, 6.45) is 1.85. The fourth-order valence-corrected chi connectivity index (χ4v) is 2.46. The summed E-state index contributed by atoms with van der Waals surface area (Å²) >= 11 is 0. The first-order valence-electron chi connectivity index (χ1n) is 7.40. The van der Waals surface area contributed by atoms with Gasteiger partial charge in [-0.05, 0) is 37.6 Å². The quantitative estimate of drug-likeness (QED) is 0.786. The normalized spacial score (nSPS) is 12.5. The number of ether oxygens (including phenoxy) is 1. The highest BCUT2D eigenvalue weighted by Gasteiger charge is 2.16. The van der Waals surface area contributed by atoms with Gasteiger partial charge in [-0.3, -0.25) is 0 Å². The fourth-order valence-electron chi connectivity index (χ4n) is 2.46. The maximum atomic E-state index is 5.84. The van der Waals surface area contributed by atoms with Gasteiger partial charge in [0.1, 0.15) is 23.7 Å². The SMILES string of the molecule is Cc1cnc2c(c1)nc(COc1ccccc1)n2C(C)CN. The Bertz CT molecular complexity index is 767. The predicted molar refractivity (Wildman–Crippen MR) is 86.8 cm³/mol. The Kier molecular flexibility index (Phi) is 4.06. The van der Waals surface area contributed by atoms with E-state index in [4.69, 9.17) is 10.5 Å². The van der Waals surface area contributed by atoms with Gasteiger partial charge in [-0.1, -0.05) is 18.2 Å². The Morgan fingerprint density at radius 1 is 1.27 bits per heavy atom. The Morgan fingerprint density at radius 2 is 2.05 bits per heavy atom. The van der Waals surface area contributed by atoms with Crippen LogP contribution in [0.25, 0.3) is 11.2 Å². The van der Waals surface area contributed by atoms with Crippen molar-refractivity contribution in [1.29, 1.82) is 0 Å². The highest BCUT2D eigenvalue weighted by Crippen LogP contribution is 2.21. The number of rotatable bonds is 5. The van der Waals surface area contributed by atoms with Gasteiger partial charge in [-0.2, -0.15) is 0 Å². The maximum Gasteiger partial charge on any atom is 0.160 e. The van der Waals surface area contributed by atoms with Gasteiger partial charge in [0.25, 0.3) is 0 Å². The first-order valence-corrected chi connectivity index (χ1v) is 7.40. The molecule has 0 aliphatic carbocycles. The van der Waals surface area contributed by atoms with Crippen molar-refractivity contribution in [1.82, 2.24) is 14.5 Å². The minimum Gasteiger partial charge on any atom is -0.486 e. The van der Waals surface area contributed by atoms with E-state index in [1.165, 1.54) is 0 Å². The number of nitrogens with two attached hydrogens (primary N) is 1. The fraction of sp³-hybridized carbons (Fsp3) is 0.294. The van der Waals surface area contributed by atoms with E-state index in [0.29, 0.717) is 13.2 Å². The Labute approximate surface area is 129 Å². The molecule has 5 nitrogen and oxygen atoms in total. The zero-order valence-electron chi connectivity index (χ0n) is 12.9. The first-order chi connectivity index (χ1) is 10.7. The number of aromatic nitrogens is 3. The second-order valence-corrected chi connectivity index (χ2v) is 5.44. The molecule has 1 unspecified atom stereocenters. The predicted octanol–water partition coefficient (Wildman–Crippen LogP) is 2.84. The van der Waals surface area contributed by atoms with Crippen LogP contribution < -0.4 is 10.5 Å². The highest BCUT2D eigenvalue weighted by atomic mass is 16.5. The maximum absolute atomic E-state index is 5.84. The van der Waals surface area contributed by atoms with Crippen LogP contribution >= 0.6 is 0 Å². The third kappa shape index (κ3) is 2.80. The zero-order valence-corrected chi connectivity index (χ0v) is 12.9. The van der Waals surface area contributed by atoms with Crippen LogP contribution in [0.4, 0.5) is 0 Å². The monoisotopic (exact) mass is 296 g/mol. The van der Waals surface area contributed by atoms with Gasteiger partial charge in [0.2, 0.25) is 0 Å². The lowest BCUT2D eigenvalue weighted by Crippen LogP contribution is -2.19. The van der Waals surface area contributed by atoms with Crippen molar-refractivity contribution in [2.45, 2.75) is 26.5 Å². The standard InChI is InChI=1S/C17H20N4O/c1-12-8-15-17(19-10-12)21(13(2)9-18)16(20-15)11-22-14-6-4-3-5-7-14/h3-8,10,13H,9,11,18H2,1-2H3. The van der Waals surface area contributed by atoms with E-state index in [0.717, 1.165) is 28.3 Å². The average molecular weight is 296 g/mol. The van der Waals surface area contributed by atoms with E-state index >= 15 is 0 Å². The van der Waals surface area contributed by atoms with Crippen molar-refractivity contribution in [2.75, 3.05) is 6.54 Å². The number of para-hydroxylation sites is 1. The molecule has 0 saturated carbocycles. The molecule has 0 radical (unpaired) electrons. The van der Waals surface area contributed by atoms with Crippen LogP contribution in [0.1, 0.15) is 24.4 Å². The van der Waals surface area contributed by atoms with Crippen molar-refractivity contribution in [3.8, 4) is 5.75 Å². The number of benzene rings is 1. The van der Waals surface area contributed by atoms with Crippen LogP contribution in [-0.4, -0.2) is 21.1 Å². The van der Waals surface area contributed by atoms with Crippen LogP contribution in [0, 0.1) is 6.92 Å². The van der Waals surface area contributed by atoms with Crippen LogP contribution in [0.5, 0.6) is 5.75 Å². The lowest BCUT2D eigenvalue weighted by atomic mass is 10.3. The zero-order chi connectivity index (χ0) is 15.5. The molecule has 0 amide bonds. The number of hydrogen-bond acceptors (Lipinski definition) is 4. The lowest BCUT2D eigenvalue weighted by Gasteiger charge is -2.15. The molecule has 2 heterocycles. The number of fused-ring (bicyclic) bond motifs is 1. The molecule has 114 valence electrons. The van der Waals surface area contributed by atoms with Gasteiger partial charge in [0.05, 0.1) is 0 Å². The van der Waals surface area contributed by atoms with Crippen LogP contribution in [0.15, 0.2) is 42.6 Å². The molecule has 1 aromatic carbocycles. The summed E-state index contributed by atoms with van der Waals surface area (Å²) in [5.41, 5.74) is 8.67. The van der Waals surface area contributed by atoms with Gasteiger partial charge < -0.3 is 15.0 Å². The highest BCUT2D eigenvalue weighted by molar-refractivity contribution is 5.72. The van der Waals surface area contributed by atoms with Crippen molar-refractivity contribution in [3.05, 3.63) is 54.0 Å². The summed E-state index contributed by atoms with van der Waals surface area (Å²) in [6, 6.07) is 11.9. The molecule has 3 rings (SSSR count). The Balaban J connectivity index is 1.96. The van der Waals surface area contributed by atoms with Gasteiger partial charge in [0.15, 0.2) is 5.65 Å². The second kappa shape index (κ2) is 6.15.